The SMILES string of the molecule is Cc1cccc(C)c1Nc1nc(C(C)N2CCN(S(=O)(=O)c3ccc(-n4cccn4)cc3)CC2)nc2ccccc12. The molecular formula is C31H33N7O2S. The number of rotatable bonds is 7. The van der Waals surface area contributed by atoms with E-state index in [9.17, 15) is 8.42 Å². The maximum atomic E-state index is 13.4. The van der Waals surface area contributed by atoms with Gasteiger partial charge < -0.3 is 5.32 Å². The van der Waals surface area contributed by atoms with Gasteiger partial charge in [-0.15, -0.1) is 0 Å². The number of aromatic nitrogens is 4. The van der Waals surface area contributed by atoms with Crippen molar-refractivity contribution < 1.29 is 8.42 Å². The van der Waals surface area contributed by atoms with E-state index < -0.39 is 10.0 Å². The van der Waals surface area contributed by atoms with Gasteiger partial charge in [-0.3, -0.25) is 4.90 Å². The molecule has 9 nitrogen and oxygen atoms in total. The van der Waals surface area contributed by atoms with Crippen molar-refractivity contribution in [1.82, 2.24) is 29.0 Å². The molecule has 3 heterocycles. The lowest BCUT2D eigenvalue weighted by molar-refractivity contribution is 0.141. The minimum Gasteiger partial charge on any atom is -0.339 e. The molecule has 1 saturated heterocycles. The lowest BCUT2D eigenvalue weighted by Gasteiger charge is -2.37. The molecule has 0 saturated carbocycles. The van der Waals surface area contributed by atoms with Crippen LogP contribution in [0.4, 0.5) is 11.5 Å². The summed E-state index contributed by atoms with van der Waals surface area (Å²) in [5.41, 5.74) is 5.03. The second-order valence-corrected chi connectivity index (χ2v) is 12.3. The molecule has 0 bridgehead atoms. The normalized spacial score (nSPS) is 15.7. The molecule has 1 unspecified atom stereocenters. The summed E-state index contributed by atoms with van der Waals surface area (Å²) in [5, 5.41) is 8.74. The van der Waals surface area contributed by atoms with E-state index in [0.29, 0.717) is 32.0 Å². The van der Waals surface area contributed by atoms with Crippen molar-refractivity contribution in [2.75, 3.05) is 31.5 Å². The molecule has 0 radical (unpaired) electrons. The topological polar surface area (TPSA) is 96.2 Å². The fourth-order valence-electron chi connectivity index (χ4n) is 5.34. The molecule has 3 aromatic carbocycles. The smallest absolute Gasteiger partial charge is 0.243 e. The third-order valence-corrected chi connectivity index (χ3v) is 9.70. The van der Waals surface area contributed by atoms with Crippen LogP contribution in [-0.2, 0) is 10.0 Å². The van der Waals surface area contributed by atoms with Crippen LogP contribution < -0.4 is 5.32 Å². The fourth-order valence-corrected chi connectivity index (χ4v) is 6.76. The molecule has 1 atom stereocenters. The molecule has 210 valence electrons. The zero-order chi connectivity index (χ0) is 28.6. The van der Waals surface area contributed by atoms with E-state index in [4.69, 9.17) is 9.97 Å². The van der Waals surface area contributed by atoms with Gasteiger partial charge in [0, 0.05) is 49.6 Å². The highest BCUT2D eigenvalue weighted by Gasteiger charge is 2.31. The first kappa shape index (κ1) is 27.1. The van der Waals surface area contributed by atoms with Crippen LogP contribution in [-0.4, -0.2) is 63.6 Å². The van der Waals surface area contributed by atoms with E-state index >= 15 is 0 Å². The Labute approximate surface area is 240 Å². The van der Waals surface area contributed by atoms with E-state index in [1.54, 1.807) is 39.4 Å². The number of fused-ring (bicyclic) bond motifs is 1. The van der Waals surface area contributed by atoms with Crippen LogP contribution >= 0.6 is 0 Å². The predicted octanol–water partition coefficient (Wildman–Crippen LogP) is 5.24. The van der Waals surface area contributed by atoms with E-state index in [-0.39, 0.29) is 10.9 Å². The second-order valence-electron chi connectivity index (χ2n) is 10.4. The summed E-state index contributed by atoms with van der Waals surface area (Å²) in [7, 11) is -3.60. The van der Waals surface area contributed by atoms with Crippen LogP contribution in [0.2, 0.25) is 0 Å². The highest BCUT2D eigenvalue weighted by molar-refractivity contribution is 7.89. The third kappa shape index (κ3) is 5.33. The van der Waals surface area contributed by atoms with Gasteiger partial charge in [0.15, 0.2) is 0 Å². The maximum Gasteiger partial charge on any atom is 0.243 e. The first-order valence-electron chi connectivity index (χ1n) is 13.8. The number of para-hydroxylation sites is 2. The second kappa shape index (κ2) is 11.0. The van der Waals surface area contributed by atoms with Gasteiger partial charge in [-0.1, -0.05) is 30.3 Å². The molecule has 0 spiro atoms. The largest absolute Gasteiger partial charge is 0.339 e. The number of aryl methyl sites for hydroxylation is 2. The summed E-state index contributed by atoms with van der Waals surface area (Å²) >= 11 is 0. The Morgan fingerprint density at radius 2 is 1.54 bits per heavy atom. The standard InChI is InChI=1S/C31H33N7O2S/c1-22-8-6-9-23(2)29(22)34-31-27-10-4-5-11-28(27)33-30(35-31)24(3)36-18-20-37(21-19-36)41(39,40)26-14-12-25(13-15-26)38-17-7-16-32-38/h4-17,24H,18-21H2,1-3H3,(H,33,34,35). The Morgan fingerprint density at radius 1 is 0.829 bits per heavy atom. The molecule has 6 rings (SSSR count). The van der Waals surface area contributed by atoms with E-state index in [2.05, 4.69) is 54.3 Å². The van der Waals surface area contributed by atoms with Gasteiger partial charge in [-0.05, 0) is 74.4 Å². The molecule has 1 N–H and O–H groups in total. The predicted molar refractivity (Wildman–Crippen MR) is 161 cm³/mol. The monoisotopic (exact) mass is 567 g/mol. The summed E-state index contributed by atoms with van der Waals surface area (Å²) in [4.78, 5) is 12.4. The van der Waals surface area contributed by atoms with Crippen LogP contribution in [0, 0.1) is 13.8 Å². The molecule has 0 aliphatic carbocycles. The van der Waals surface area contributed by atoms with Crippen LogP contribution in [0.25, 0.3) is 16.6 Å². The van der Waals surface area contributed by atoms with Gasteiger partial charge in [0.05, 0.1) is 22.1 Å². The number of hydrogen-bond acceptors (Lipinski definition) is 7. The summed E-state index contributed by atoms with van der Waals surface area (Å²) in [6.07, 6.45) is 3.52. The maximum absolute atomic E-state index is 13.4. The van der Waals surface area contributed by atoms with Crippen LogP contribution in [0.1, 0.15) is 29.9 Å². The quantitative estimate of drug-likeness (QED) is 0.287. The minimum atomic E-state index is -3.60. The van der Waals surface area contributed by atoms with E-state index in [0.717, 1.165) is 39.2 Å². The van der Waals surface area contributed by atoms with Crippen LogP contribution in [0.3, 0.4) is 0 Å². The molecule has 1 aliphatic heterocycles. The molecule has 1 fully saturated rings. The molecule has 2 aromatic heterocycles. The number of anilines is 2. The highest BCUT2D eigenvalue weighted by Crippen LogP contribution is 2.30. The van der Waals surface area contributed by atoms with E-state index in [1.807, 2.05) is 36.5 Å². The van der Waals surface area contributed by atoms with Crippen molar-refractivity contribution in [2.45, 2.75) is 31.7 Å². The van der Waals surface area contributed by atoms with Crippen molar-refractivity contribution >= 4 is 32.4 Å². The molecule has 5 aromatic rings. The van der Waals surface area contributed by atoms with Crippen LogP contribution in [0.5, 0.6) is 0 Å². The van der Waals surface area contributed by atoms with Gasteiger partial charge in [0.25, 0.3) is 0 Å². The lowest BCUT2D eigenvalue weighted by Crippen LogP contribution is -2.49. The third-order valence-electron chi connectivity index (χ3n) is 7.78. The van der Waals surface area contributed by atoms with Crippen molar-refractivity contribution in [3.8, 4) is 5.69 Å². The average Bonchev–Trinajstić information content (AvgIpc) is 3.54. The molecule has 1 aliphatic rings. The summed E-state index contributed by atoms with van der Waals surface area (Å²) in [6.45, 7) is 8.23. The van der Waals surface area contributed by atoms with Gasteiger partial charge in [0.1, 0.15) is 11.6 Å². The number of piperazine rings is 1. The Bertz CT molecular complexity index is 1760. The van der Waals surface area contributed by atoms with Gasteiger partial charge >= 0.3 is 0 Å². The number of nitrogens with one attached hydrogen (secondary N) is 1. The van der Waals surface area contributed by atoms with Gasteiger partial charge in [-0.25, -0.2) is 23.1 Å². The summed E-state index contributed by atoms with van der Waals surface area (Å²) < 4.78 is 30.1. The average molecular weight is 568 g/mol. The first-order chi connectivity index (χ1) is 19.8. The summed E-state index contributed by atoms with van der Waals surface area (Å²) in [5.74, 6) is 1.48. The van der Waals surface area contributed by atoms with Crippen molar-refractivity contribution in [2.24, 2.45) is 0 Å². The Morgan fingerprint density at radius 3 is 2.22 bits per heavy atom. The Hall–Kier alpha value is -4.12. The number of sulfonamides is 1. The molecule has 10 heteroatoms. The molecule has 41 heavy (non-hydrogen) atoms. The van der Waals surface area contributed by atoms with Crippen molar-refractivity contribution in [3.63, 3.8) is 0 Å². The van der Waals surface area contributed by atoms with Gasteiger partial charge in [-0.2, -0.15) is 9.40 Å². The zero-order valence-corrected chi connectivity index (χ0v) is 24.2. The van der Waals surface area contributed by atoms with E-state index in [1.165, 1.54) is 0 Å². The highest BCUT2D eigenvalue weighted by atomic mass is 32.2. The minimum absolute atomic E-state index is 0.0867. The fraction of sp³-hybridized carbons (Fsp3) is 0.258. The van der Waals surface area contributed by atoms with Crippen molar-refractivity contribution in [1.29, 1.82) is 0 Å². The Balaban J connectivity index is 1.20. The number of hydrogen-bond donors (Lipinski definition) is 1. The van der Waals surface area contributed by atoms with Crippen LogP contribution in [0.15, 0.2) is 90.1 Å². The lowest BCUT2D eigenvalue weighted by atomic mass is 10.1. The number of nitrogens with zero attached hydrogens (tertiary/aromatic N) is 6. The number of benzene rings is 3. The first-order valence-corrected chi connectivity index (χ1v) is 15.2. The summed E-state index contributed by atoms with van der Waals surface area (Å²) in [6, 6.07) is 22.8. The Kier molecular flexibility index (Phi) is 7.29. The molecule has 0 amide bonds. The van der Waals surface area contributed by atoms with Gasteiger partial charge in [0.2, 0.25) is 10.0 Å². The molecular weight excluding hydrogens is 534 g/mol. The zero-order valence-electron chi connectivity index (χ0n) is 23.4. The van der Waals surface area contributed by atoms with Crippen molar-refractivity contribution in [3.05, 3.63) is 102 Å².